The van der Waals surface area contributed by atoms with Gasteiger partial charge in [0.2, 0.25) is 0 Å². The zero-order valence-corrected chi connectivity index (χ0v) is 10.7. The SMILES string of the molecule is C#CC(=O)NN(C(=O)c1ccccc1)C(C)(C)C. The van der Waals surface area contributed by atoms with E-state index in [2.05, 4.69) is 5.43 Å². The van der Waals surface area contributed by atoms with Crippen molar-refractivity contribution < 1.29 is 9.59 Å². The van der Waals surface area contributed by atoms with E-state index in [4.69, 9.17) is 6.42 Å². The van der Waals surface area contributed by atoms with Crippen molar-refractivity contribution in [2.24, 2.45) is 0 Å². The van der Waals surface area contributed by atoms with E-state index in [1.54, 1.807) is 24.3 Å². The summed E-state index contributed by atoms with van der Waals surface area (Å²) in [6, 6.07) is 8.71. The molecule has 0 heterocycles. The molecule has 18 heavy (non-hydrogen) atoms. The summed E-state index contributed by atoms with van der Waals surface area (Å²) in [5, 5.41) is 1.24. The molecule has 94 valence electrons. The molecule has 0 unspecified atom stereocenters. The van der Waals surface area contributed by atoms with Gasteiger partial charge in [0.1, 0.15) is 0 Å². The molecule has 0 bridgehead atoms. The van der Waals surface area contributed by atoms with Gasteiger partial charge < -0.3 is 0 Å². The third-order valence-corrected chi connectivity index (χ3v) is 2.24. The fourth-order valence-corrected chi connectivity index (χ4v) is 1.37. The Morgan fingerprint density at radius 3 is 2.22 bits per heavy atom. The van der Waals surface area contributed by atoms with Gasteiger partial charge >= 0.3 is 5.91 Å². The van der Waals surface area contributed by atoms with Crippen LogP contribution in [-0.2, 0) is 4.79 Å². The lowest BCUT2D eigenvalue weighted by Crippen LogP contribution is -2.55. The molecular weight excluding hydrogens is 228 g/mol. The third kappa shape index (κ3) is 3.36. The molecule has 0 radical (unpaired) electrons. The smallest absolute Gasteiger partial charge is 0.267 e. The average Bonchev–Trinajstić information content (AvgIpc) is 2.34. The highest BCUT2D eigenvalue weighted by Gasteiger charge is 2.28. The van der Waals surface area contributed by atoms with Gasteiger partial charge in [0.25, 0.3) is 5.91 Å². The number of hydrogen-bond donors (Lipinski definition) is 1. The molecule has 0 aliphatic rings. The topological polar surface area (TPSA) is 49.4 Å². The molecule has 0 saturated carbocycles. The Morgan fingerprint density at radius 2 is 1.78 bits per heavy atom. The summed E-state index contributed by atoms with van der Waals surface area (Å²) in [4.78, 5) is 23.5. The molecule has 4 nitrogen and oxygen atoms in total. The highest BCUT2D eigenvalue weighted by molar-refractivity contribution is 5.98. The molecule has 1 aromatic carbocycles. The van der Waals surface area contributed by atoms with Crippen LogP contribution in [0.3, 0.4) is 0 Å². The quantitative estimate of drug-likeness (QED) is 0.602. The van der Waals surface area contributed by atoms with Gasteiger partial charge in [0.15, 0.2) is 0 Å². The second-order valence-corrected chi connectivity index (χ2v) is 4.76. The van der Waals surface area contributed by atoms with Gasteiger partial charge in [-0.2, -0.15) is 0 Å². The van der Waals surface area contributed by atoms with E-state index in [-0.39, 0.29) is 5.91 Å². The maximum Gasteiger partial charge on any atom is 0.314 e. The average molecular weight is 244 g/mol. The summed E-state index contributed by atoms with van der Waals surface area (Å²) in [5.41, 5.74) is 2.33. The lowest BCUT2D eigenvalue weighted by atomic mass is 10.1. The predicted octanol–water partition coefficient (Wildman–Crippen LogP) is 1.59. The Bertz CT molecular complexity index is 481. The van der Waals surface area contributed by atoms with Crippen LogP contribution in [0.5, 0.6) is 0 Å². The first-order valence-corrected chi connectivity index (χ1v) is 5.53. The van der Waals surface area contributed by atoms with Crippen LogP contribution in [0, 0.1) is 12.3 Å². The van der Waals surface area contributed by atoms with Crippen molar-refractivity contribution in [3.8, 4) is 12.3 Å². The van der Waals surface area contributed by atoms with E-state index < -0.39 is 11.4 Å². The van der Waals surface area contributed by atoms with Gasteiger partial charge in [-0.15, -0.1) is 6.42 Å². The van der Waals surface area contributed by atoms with Crippen LogP contribution in [0.1, 0.15) is 31.1 Å². The predicted molar refractivity (Wildman–Crippen MR) is 69.3 cm³/mol. The van der Waals surface area contributed by atoms with Gasteiger partial charge in [-0.1, -0.05) is 18.2 Å². The van der Waals surface area contributed by atoms with Gasteiger partial charge in [0, 0.05) is 5.56 Å². The maximum absolute atomic E-state index is 12.3. The first-order chi connectivity index (χ1) is 8.36. The third-order valence-electron chi connectivity index (χ3n) is 2.24. The highest BCUT2D eigenvalue weighted by Crippen LogP contribution is 2.14. The van der Waals surface area contributed by atoms with E-state index in [0.29, 0.717) is 5.56 Å². The molecule has 0 aromatic heterocycles. The summed E-state index contributed by atoms with van der Waals surface area (Å²) < 4.78 is 0. The van der Waals surface area contributed by atoms with E-state index in [1.807, 2.05) is 32.8 Å². The summed E-state index contributed by atoms with van der Waals surface area (Å²) in [6.07, 6.45) is 5.00. The Labute approximate surface area is 107 Å². The Balaban J connectivity index is 3.02. The minimum absolute atomic E-state index is 0.299. The zero-order valence-electron chi connectivity index (χ0n) is 10.7. The van der Waals surface area contributed by atoms with Crippen molar-refractivity contribution in [2.75, 3.05) is 0 Å². The Hall–Kier alpha value is -2.28. The standard InChI is InChI=1S/C14H16N2O2/c1-5-12(17)15-16(14(2,3)4)13(18)11-9-7-6-8-10-11/h1,6-10H,2-4H3,(H,15,17). The Kier molecular flexibility index (Phi) is 4.11. The second kappa shape index (κ2) is 5.37. The molecule has 0 aliphatic carbocycles. The summed E-state index contributed by atoms with van der Waals surface area (Å²) in [7, 11) is 0. The molecular formula is C14H16N2O2. The molecule has 1 aromatic rings. The van der Waals surface area contributed by atoms with Gasteiger partial charge in [-0.05, 0) is 38.8 Å². The highest BCUT2D eigenvalue weighted by atomic mass is 16.2. The Morgan fingerprint density at radius 1 is 1.22 bits per heavy atom. The molecule has 1 rings (SSSR count). The molecule has 0 fully saturated rings. The van der Waals surface area contributed by atoms with E-state index in [0.717, 1.165) is 0 Å². The van der Waals surface area contributed by atoms with Crippen LogP contribution < -0.4 is 5.43 Å². The van der Waals surface area contributed by atoms with Crippen molar-refractivity contribution in [1.82, 2.24) is 10.4 Å². The fraction of sp³-hybridized carbons (Fsp3) is 0.286. The van der Waals surface area contributed by atoms with Crippen LogP contribution in [0.15, 0.2) is 30.3 Å². The second-order valence-electron chi connectivity index (χ2n) is 4.76. The van der Waals surface area contributed by atoms with E-state index in [1.165, 1.54) is 5.01 Å². The summed E-state index contributed by atoms with van der Waals surface area (Å²) in [5.74, 6) is 0.986. The number of hydrogen-bond acceptors (Lipinski definition) is 2. The van der Waals surface area contributed by atoms with Crippen molar-refractivity contribution in [1.29, 1.82) is 0 Å². The van der Waals surface area contributed by atoms with Crippen LogP contribution >= 0.6 is 0 Å². The van der Waals surface area contributed by atoms with E-state index in [9.17, 15) is 9.59 Å². The van der Waals surface area contributed by atoms with Gasteiger partial charge in [-0.25, -0.2) is 5.01 Å². The van der Waals surface area contributed by atoms with Crippen LogP contribution in [-0.4, -0.2) is 22.4 Å². The van der Waals surface area contributed by atoms with Crippen molar-refractivity contribution >= 4 is 11.8 Å². The number of nitrogens with one attached hydrogen (secondary N) is 1. The lowest BCUT2D eigenvalue weighted by Gasteiger charge is -2.34. The fourth-order valence-electron chi connectivity index (χ4n) is 1.37. The molecule has 0 saturated heterocycles. The number of amides is 2. The number of hydrazine groups is 1. The lowest BCUT2D eigenvalue weighted by molar-refractivity contribution is -0.121. The number of benzene rings is 1. The van der Waals surface area contributed by atoms with Crippen LogP contribution in [0.4, 0.5) is 0 Å². The molecule has 4 heteroatoms. The van der Waals surface area contributed by atoms with E-state index >= 15 is 0 Å². The van der Waals surface area contributed by atoms with Crippen LogP contribution in [0.2, 0.25) is 0 Å². The van der Waals surface area contributed by atoms with Crippen molar-refractivity contribution in [3.05, 3.63) is 35.9 Å². The number of nitrogens with zero attached hydrogens (tertiary/aromatic N) is 1. The number of rotatable bonds is 1. The van der Waals surface area contributed by atoms with Crippen LogP contribution in [0.25, 0.3) is 0 Å². The minimum atomic E-state index is -0.644. The van der Waals surface area contributed by atoms with Crippen molar-refractivity contribution in [2.45, 2.75) is 26.3 Å². The summed E-state index contributed by atoms with van der Waals surface area (Å²) in [6.45, 7) is 5.43. The summed E-state index contributed by atoms with van der Waals surface area (Å²) >= 11 is 0. The van der Waals surface area contributed by atoms with Gasteiger partial charge in [-0.3, -0.25) is 15.0 Å². The molecule has 0 atom stereocenters. The molecule has 1 N–H and O–H groups in total. The first kappa shape index (κ1) is 13.8. The minimum Gasteiger partial charge on any atom is -0.267 e. The maximum atomic E-state index is 12.3. The van der Waals surface area contributed by atoms with Crippen molar-refractivity contribution in [3.63, 3.8) is 0 Å². The molecule has 2 amide bonds. The zero-order chi connectivity index (χ0) is 13.8. The monoisotopic (exact) mass is 244 g/mol. The normalized spacial score (nSPS) is 10.3. The largest absolute Gasteiger partial charge is 0.314 e. The van der Waals surface area contributed by atoms with Gasteiger partial charge in [0.05, 0.1) is 5.54 Å². The number of carbonyl (C=O) groups excluding carboxylic acids is 2. The molecule has 0 aliphatic heterocycles. The number of terminal acetylenes is 1. The first-order valence-electron chi connectivity index (χ1n) is 5.53. The molecule has 0 spiro atoms. The number of carbonyl (C=O) groups is 2.